The number of ether oxygens (including phenoxy) is 2. The first-order valence-corrected chi connectivity index (χ1v) is 7.40. The molecule has 0 spiro atoms. The van der Waals surface area contributed by atoms with Crippen molar-refractivity contribution >= 4 is 34.0 Å². The Balaban J connectivity index is 2.23. The van der Waals surface area contributed by atoms with E-state index in [1.807, 2.05) is 48.3 Å². The predicted octanol–water partition coefficient (Wildman–Crippen LogP) is 4.07. The lowest BCUT2D eigenvalue weighted by molar-refractivity contribution is 0.356. The molecule has 3 rings (SSSR count). The van der Waals surface area contributed by atoms with Crippen LogP contribution in [0.25, 0.3) is 10.9 Å². The van der Waals surface area contributed by atoms with Crippen LogP contribution in [0.3, 0.4) is 0 Å². The summed E-state index contributed by atoms with van der Waals surface area (Å²) in [5.41, 5.74) is 1.69. The molecule has 0 N–H and O–H groups in total. The molecule has 0 saturated heterocycles. The fourth-order valence-corrected chi connectivity index (χ4v) is 2.61. The Morgan fingerprint density at radius 3 is 2.26 bits per heavy atom. The molecule has 6 heteroatoms. The molecule has 0 amide bonds. The third-order valence-corrected chi connectivity index (χ3v) is 3.78. The van der Waals surface area contributed by atoms with Crippen LogP contribution in [0.4, 0.5) is 11.5 Å². The van der Waals surface area contributed by atoms with Gasteiger partial charge in [0.25, 0.3) is 0 Å². The fourth-order valence-electron chi connectivity index (χ4n) is 2.44. The Kier molecular flexibility index (Phi) is 4.21. The Bertz CT molecular complexity index is 840. The summed E-state index contributed by atoms with van der Waals surface area (Å²) < 4.78 is 10.7. The second-order valence-electron chi connectivity index (χ2n) is 4.94. The van der Waals surface area contributed by atoms with E-state index in [0.29, 0.717) is 22.8 Å². The maximum atomic E-state index is 6.10. The first-order chi connectivity index (χ1) is 11.1. The summed E-state index contributed by atoms with van der Waals surface area (Å²) in [5.74, 6) is 1.92. The zero-order chi connectivity index (χ0) is 16.4. The number of anilines is 2. The van der Waals surface area contributed by atoms with Crippen LogP contribution in [0.2, 0.25) is 5.28 Å². The average molecular weight is 330 g/mol. The monoisotopic (exact) mass is 329 g/mol. The highest BCUT2D eigenvalue weighted by atomic mass is 35.5. The summed E-state index contributed by atoms with van der Waals surface area (Å²) in [6.07, 6.45) is 0. The third-order valence-electron chi connectivity index (χ3n) is 3.61. The van der Waals surface area contributed by atoms with Crippen molar-refractivity contribution in [2.45, 2.75) is 0 Å². The van der Waals surface area contributed by atoms with E-state index >= 15 is 0 Å². The van der Waals surface area contributed by atoms with E-state index in [1.54, 1.807) is 20.3 Å². The Labute approximate surface area is 139 Å². The van der Waals surface area contributed by atoms with Crippen molar-refractivity contribution in [3.8, 4) is 11.5 Å². The van der Waals surface area contributed by atoms with Gasteiger partial charge in [0.1, 0.15) is 5.82 Å². The summed E-state index contributed by atoms with van der Waals surface area (Å²) in [5, 5.41) is 1.01. The molecule has 0 fully saturated rings. The van der Waals surface area contributed by atoms with E-state index in [9.17, 15) is 0 Å². The fraction of sp³-hybridized carbons (Fsp3) is 0.176. The minimum Gasteiger partial charge on any atom is -0.493 e. The second-order valence-corrected chi connectivity index (χ2v) is 5.27. The summed E-state index contributed by atoms with van der Waals surface area (Å²) in [7, 11) is 5.12. The summed E-state index contributed by atoms with van der Waals surface area (Å²) >= 11 is 6.10. The molecule has 0 unspecified atom stereocenters. The first kappa shape index (κ1) is 15.4. The van der Waals surface area contributed by atoms with E-state index in [-0.39, 0.29) is 5.28 Å². The van der Waals surface area contributed by atoms with Crippen LogP contribution in [0.15, 0.2) is 42.5 Å². The number of para-hydroxylation sites is 1. The van der Waals surface area contributed by atoms with Crippen molar-refractivity contribution in [2.75, 3.05) is 26.2 Å². The van der Waals surface area contributed by atoms with Crippen molar-refractivity contribution in [1.29, 1.82) is 0 Å². The molecule has 1 aromatic heterocycles. The van der Waals surface area contributed by atoms with Gasteiger partial charge in [0, 0.05) is 24.2 Å². The molecule has 0 bridgehead atoms. The molecule has 0 aliphatic carbocycles. The Morgan fingerprint density at radius 2 is 1.61 bits per heavy atom. The number of hydrogen-bond donors (Lipinski definition) is 0. The van der Waals surface area contributed by atoms with Gasteiger partial charge in [-0.1, -0.05) is 18.2 Å². The number of methoxy groups -OCH3 is 2. The number of halogens is 1. The van der Waals surface area contributed by atoms with Gasteiger partial charge in [-0.25, -0.2) is 4.98 Å². The number of rotatable bonds is 4. The normalized spacial score (nSPS) is 10.6. The molecule has 0 aliphatic heterocycles. The predicted molar refractivity (Wildman–Crippen MR) is 92.2 cm³/mol. The number of fused-ring (bicyclic) bond motifs is 1. The van der Waals surface area contributed by atoms with E-state index in [1.165, 1.54) is 0 Å². The van der Waals surface area contributed by atoms with Gasteiger partial charge in [0.15, 0.2) is 11.5 Å². The van der Waals surface area contributed by atoms with Crippen molar-refractivity contribution in [3.05, 3.63) is 47.7 Å². The van der Waals surface area contributed by atoms with Crippen molar-refractivity contribution in [3.63, 3.8) is 0 Å². The molecule has 0 radical (unpaired) electrons. The number of aromatic nitrogens is 2. The first-order valence-electron chi connectivity index (χ1n) is 7.02. The second kappa shape index (κ2) is 6.30. The zero-order valence-corrected chi connectivity index (χ0v) is 13.8. The van der Waals surface area contributed by atoms with E-state index in [4.69, 9.17) is 21.1 Å². The van der Waals surface area contributed by atoms with E-state index < -0.39 is 0 Å². The van der Waals surface area contributed by atoms with Gasteiger partial charge >= 0.3 is 0 Å². The van der Waals surface area contributed by atoms with E-state index in [0.717, 1.165) is 11.1 Å². The number of benzene rings is 2. The lowest BCUT2D eigenvalue weighted by Gasteiger charge is -2.20. The molecule has 118 valence electrons. The van der Waals surface area contributed by atoms with Crippen molar-refractivity contribution in [1.82, 2.24) is 9.97 Å². The molecule has 5 nitrogen and oxygen atoms in total. The molecule has 1 heterocycles. The molecule has 0 aliphatic rings. The van der Waals surface area contributed by atoms with Crippen LogP contribution in [0, 0.1) is 0 Å². The van der Waals surface area contributed by atoms with E-state index in [2.05, 4.69) is 9.97 Å². The Morgan fingerprint density at radius 1 is 0.957 bits per heavy atom. The van der Waals surface area contributed by atoms with Crippen LogP contribution in [0.5, 0.6) is 11.5 Å². The maximum absolute atomic E-state index is 6.10. The lowest BCUT2D eigenvalue weighted by atomic mass is 10.2. The van der Waals surface area contributed by atoms with Crippen molar-refractivity contribution in [2.24, 2.45) is 0 Å². The third kappa shape index (κ3) is 2.87. The smallest absolute Gasteiger partial charge is 0.224 e. The molecule has 0 atom stereocenters. The summed E-state index contributed by atoms with van der Waals surface area (Å²) in [6.45, 7) is 0. The zero-order valence-electron chi connectivity index (χ0n) is 13.1. The highest BCUT2D eigenvalue weighted by Gasteiger charge is 2.16. The highest BCUT2D eigenvalue weighted by molar-refractivity contribution is 6.28. The minimum atomic E-state index is 0.183. The van der Waals surface area contributed by atoms with Crippen LogP contribution in [-0.4, -0.2) is 31.2 Å². The van der Waals surface area contributed by atoms with Gasteiger partial charge in [-0.3, -0.25) is 0 Å². The highest BCUT2D eigenvalue weighted by Crippen LogP contribution is 2.37. The molecule has 3 aromatic rings. The van der Waals surface area contributed by atoms with Gasteiger partial charge in [-0.15, -0.1) is 0 Å². The SMILES string of the molecule is COc1cc2nc(Cl)nc(N(C)c3ccccc3)c2cc1OC. The van der Waals surface area contributed by atoms with Gasteiger partial charge in [0.2, 0.25) is 5.28 Å². The average Bonchev–Trinajstić information content (AvgIpc) is 2.59. The summed E-state index contributed by atoms with van der Waals surface area (Å²) in [6, 6.07) is 13.6. The van der Waals surface area contributed by atoms with Crippen LogP contribution in [-0.2, 0) is 0 Å². The van der Waals surface area contributed by atoms with Gasteiger partial charge in [-0.05, 0) is 29.8 Å². The molecular weight excluding hydrogens is 314 g/mol. The molecule has 23 heavy (non-hydrogen) atoms. The standard InChI is InChI=1S/C17H16ClN3O2/c1-21(11-7-5-4-6-8-11)16-12-9-14(22-2)15(23-3)10-13(12)19-17(18)20-16/h4-10H,1-3H3. The van der Waals surface area contributed by atoms with Gasteiger partial charge < -0.3 is 14.4 Å². The van der Waals surface area contributed by atoms with Crippen LogP contribution >= 0.6 is 11.6 Å². The topological polar surface area (TPSA) is 47.5 Å². The van der Waals surface area contributed by atoms with Crippen LogP contribution < -0.4 is 14.4 Å². The minimum absolute atomic E-state index is 0.183. The maximum Gasteiger partial charge on any atom is 0.224 e. The van der Waals surface area contributed by atoms with Gasteiger partial charge in [-0.2, -0.15) is 4.98 Å². The number of hydrogen-bond acceptors (Lipinski definition) is 5. The van der Waals surface area contributed by atoms with Crippen molar-refractivity contribution < 1.29 is 9.47 Å². The molecule has 0 saturated carbocycles. The largest absolute Gasteiger partial charge is 0.493 e. The van der Waals surface area contributed by atoms with Gasteiger partial charge in [0.05, 0.1) is 19.7 Å². The summed E-state index contributed by atoms with van der Waals surface area (Å²) in [4.78, 5) is 10.6. The Hall–Kier alpha value is -2.53. The molecular formula is C17H16ClN3O2. The quantitative estimate of drug-likeness (QED) is 0.675. The number of nitrogens with zero attached hydrogens (tertiary/aromatic N) is 3. The van der Waals surface area contributed by atoms with Crippen LogP contribution in [0.1, 0.15) is 0 Å². The lowest BCUT2D eigenvalue weighted by Crippen LogP contribution is -2.12. The molecule has 2 aromatic carbocycles.